The van der Waals surface area contributed by atoms with Crippen molar-refractivity contribution in [3.05, 3.63) is 18.2 Å². The second kappa shape index (κ2) is 13.5. The highest BCUT2D eigenvalue weighted by atomic mass is 16.4. The summed E-state index contributed by atoms with van der Waals surface area (Å²) < 4.78 is 0. The van der Waals surface area contributed by atoms with Gasteiger partial charge in [0.15, 0.2) is 0 Å². The maximum atomic E-state index is 12.7. The zero-order valence-corrected chi connectivity index (χ0v) is 17.9. The van der Waals surface area contributed by atoms with Gasteiger partial charge in [-0.3, -0.25) is 24.0 Å². The maximum absolute atomic E-state index is 12.7. The van der Waals surface area contributed by atoms with Crippen LogP contribution in [-0.4, -0.2) is 91.6 Å². The van der Waals surface area contributed by atoms with Gasteiger partial charge in [0.25, 0.3) is 0 Å². The number of aliphatic hydroxyl groups is 1. The van der Waals surface area contributed by atoms with Crippen molar-refractivity contribution in [3.63, 3.8) is 0 Å². The molecule has 0 aromatic carbocycles. The molecular weight excluding hydrogens is 458 g/mol. The van der Waals surface area contributed by atoms with Crippen molar-refractivity contribution in [3.8, 4) is 0 Å². The quantitative estimate of drug-likeness (QED) is 0.114. The molecule has 0 radical (unpaired) electrons. The summed E-state index contributed by atoms with van der Waals surface area (Å²) in [7, 11) is 0. The lowest BCUT2D eigenvalue weighted by atomic mass is 10.1. The first-order chi connectivity index (χ1) is 15.9. The third-order valence-corrected chi connectivity index (χ3v) is 4.45. The number of H-pyrrole nitrogens is 1. The summed E-state index contributed by atoms with van der Waals surface area (Å²) in [5.41, 5.74) is 10.8. The standard InChI is InChI=1S/C18H27N7O9/c19-9(6-26)15(30)24-11(4-14(28)29)17(32)23-10(1-2-13(20)27)16(31)25-12(18(33)34)3-8-5-21-7-22-8/h5,7,9-12,26H,1-4,6,19H2,(H2,20,27)(H,21,22)(H,23,32)(H,24,30)(H,25,31)(H,28,29)(H,33,34). The fourth-order valence-electron chi connectivity index (χ4n) is 2.66. The summed E-state index contributed by atoms with van der Waals surface area (Å²) in [6.07, 6.45) is 0.886. The SMILES string of the molecule is NC(=O)CCC(NC(=O)C(CC(=O)O)NC(=O)C(N)CO)C(=O)NC(Cc1cnc[nH]1)C(=O)O. The van der Waals surface area contributed by atoms with Crippen LogP contribution in [0.1, 0.15) is 25.0 Å². The second-order valence-electron chi connectivity index (χ2n) is 7.19. The number of nitrogens with one attached hydrogen (secondary N) is 4. The summed E-state index contributed by atoms with van der Waals surface area (Å²) in [5, 5.41) is 33.9. The van der Waals surface area contributed by atoms with E-state index in [1.165, 1.54) is 12.5 Å². The molecule has 34 heavy (non-hydrogen) atoms. The molecule has 1 heterocycles. The van der Waals surface area contributed by atoms with E-state index in [-0.39, 0.29) is 19.3 Å². The van der Waals surface area contributed by atoms with Gasteiger partial charge in [-0.2, -0.15) is 0 Å². The lowest BCUT2D eigenvalue weighted by molar-refractivity contribution is -0.143. The first-order valence-electron chi connectivity index (χ1n) is 9.92. The number of aliphatic carboxylic acids is 2. The Morgan fingerprint density at radius 1 is 0.971 bits per heavy atom. The molecular formula is C18H27N7O9. The Labute approximate surface area is 192 Å². The lowest BCUT2D eigenvalue weighted by Gasteiger charge is -2.24. The zero-order chi connectivity index (χ0) is 25.8. The molecule has 0 fully saturated rings. The molecule has 0 spiro atoms. The van der Waals surface area contributed by atoms with Gasteiger partial charge >= 0.3 is 11.9 Å². The van der Waals surface area contributed by atoms with Crippen LogP contribution in [0.4, 0.5) is 0 Å². The first kappa shape index (κ1) is 28.0. The Bertz CT molecular complexity index is 890. The predicted molar refractivity (Wildman–Crippen MR) is 111 cm³/mol. The third kappa shape index (κ3) is 9.61. The van der Waals surface area contributed by atoms with Crippen LogP contribution in [0, 0.1) is 0 Å². The molecule has 1 aromatic heterocycles. The van der Waals surface area contributed by atoms with Gasteiger partial charge in [-0.25, -0.2) is 9.78 Å². The topological polar surface area (TPSA) is 280 Å². The van der Waals surface area contributed by atoms with Crippen LogP contribution in [0.25, 0.3) is 0 Å². The van der Waals surface area contributed by atoms with Gasteiger partial charge in [0.05, 0.1) is 19.4 Å². The Kier molecular flexibility index (Phi) is 11.1. The molecule has 16 heteroatoms. The highest BCUT2D eigenvalue weighted by Crippen LogP contribution is 2.04. The first-order valence-corrected chi connectivity index (χ1v) is 9.92. The Hall–Kier alpha value is -4.05. The molecule has 188 valence electrons. The summed E-state index contributed by atoms with van der Waals surface area (Å²) >= 11 is 0. The monoisotopic (exact) mass is 485 g/mol. The average molecular weight is 485 g/mol. The number of rotatable bonds is 15. The molecule has 4 atom stereocenters. The van der Waals surface area contributed by atoms with Crippen LogP contribution in [-0.2, 0) is 35.2 Å². The number of nitrogens with two attached hydrogens (primary N) is 2. The number of carboxylic acids is 2. The smallest absolute Gasteiger partial charge is 0.326 e. The predicted octanol–water partition coefficient (Wildman–Crippen LogP) is -4.45. The Balaban J connectivity index is 3.01. The van der Waals surface area contributed by atoms with Crippen molar-refractivity contribution in [2.75, 3.05) is 6.61 Å². The number of hydrogen-bond donors (Lipinski definition) is 9. The Morgan fingerprint density at radius 3 is 2.06 bits per heavy atom. The summed E-state index contributed by atoms with van der Waals surface area (Å²) in [6.45, 7) is -0.774. The van der Waals surface area contributed by atoms with Crippen molar-refractivity contribution in [2.24, 2.45) is 11.5 Å². The van der Waals surface area contributed by atoms with Crippen molar-refractivity contribution in [2.45, 2.75) is 49.9 Å². The van der Waals surface area contributed by atoms with E-state index in [2.05, 4.69) is 25.9 Å². The molecule has 11 N–H and O–H groups in total. The molecule has 16 nitrogen and oxygen atoms in total. The van der Waals surface area contributed by atoms with Crippen LogP contribution >= 0.6 is 0 Å². The minimum Gasteiger partial charge on any atom is -0.481 e. The molecule has 0 saturated carbocycles. The van der Waals surface area contributed by atoms with Gasteiger partial charge < -0.3 is 47.7 Å². The lowest BCUT2D eigenvalue weighted by Crippen LogP contribution is -2.58. The van der Waals surface area contributed by atoms with Crippen molar-refractivity contribution >= 4 is 35.6 Å². The minimum absolute atomic E-state index is 0.172. The van der Waals surface area contributed by atoms with Gasteiger partial charge in [-0.1, -0.05) is 0 Å². The van der Waals surface area contributed by atoms with Crippen LogP contribution in [0.3, 0.4) is 0 Å². The fraction of sp³-hybridized carbons (Fsp3) is 0.500. The number of imidazole rings is 1. The van der Waals surface area contributed by atoms with E-state index >= 15 is 0 Å². The number of aromatic nitrogens is 2. The molecule has 1 rings (SSSR count). The number of amides is 4. The van der Waals surface area contributed by atoms with Crippen molar-refractivity contribution in [1.82, 2.24) is 25.9 Å². The van der Waals surface area contributed by atoms with Crippen molar-refractivity contribution in [1.29, 1.82) is 0 Å². The van der Waals surface area contributed by atoms with E-state index in [0.717, 1.165) is 0 Å². The van der Waals surface area contributed by atoms with Crippen LogP contribution < -0.4 is 27.4 Å². The highest BCUT2D eigenvalue weighted by molar-refractivity contribution is 5.95. The van der Waals surface area contributed by atoms with E-state index in [9.17, 15) is 33.9 Å². The summed E-state index contributed by atoms with van der Waals surface area (Å²) in [6, 6.07) is -6.05. The van der Waals surface area contributed by atoms with E-state index in [1.807, 2.05) is 0 Å². The van der Waals surface area contributed by atoms with Gasteiger partial charge in [-0.05, 0) is 6.42 Å². The zero-order valence-electron chi connectivity index (χ0n) is 17.9. The normalized spacial score (nSPS) is 14.2. The Morgan fingerprint density at radius 2 is 1.56 bits per heavy atom. The maximum Gasteiger partial charge on any atom is 0.326 e. The number of carboxylic acid groups (broad SMARTS) is 2. The minimum atomic E-state index is -1.69. The van der Waals surface area contributed by atoms with Crippen LogP contribution in [0.15, 0.2) is 12.5 Å². The van der Waals surface area contributed by atoms with Gasteiger partial charge in [0.1, 0.15) is 24.2 Å². The molecule has 0 saturated heterocycles. The number of hydrogen-bond acceptors (Lipinski definition) is 9. The molecule has 0 aliphatic heterocycles. The van der Waals surface area contributed by atoms with Crippen molar-refractivity contribution < 1.29 is 44.1 Å². The number of carbonyl (C=O) groups is 6. The molecule has 0 bridgehead atoms. The molecule has 4 unspecified atom stereocenters. The van der Waals surface area contributed by atoms with Crippen LogP contribution in [0.5, 0.6) is 0 Å². The fourth-order valence-corrected chi connectivity index (χ4v) is 2.66. The molecule has 0 aliphatic rings. The van der Waals surface area contributed by atoms with Crippen LogP contribution in [0.2, 0.25) is 0 Å². The number of nitrogens with zero attached hydrogens (tertiary/aromatic N) is 1. The number of aliphatic hydroxyl groups excluding tert-OH is 1. The average Bonchev–Trinajstić information content (AvgIpc) is 3.27. The second-order valence-corrected chi connectivity index (χ2v) is 7.19. The number of primary amides is 1. The van der Waals surface area contributed by atoms with Gasteiger partial charge in [0.2, 0.25) is 23.6 Å². The van der Waals surface area contributed by atoms with E-state index < -0.39 is 72.8 Å². The van der Waals surface area contributed by atoms with E-state index in [4.69, 9.17) is 21.7 Å². The highest BCUT2D eigenvalue weighted by Gasteiger charge is 2.31. The summed E-state index contributed by atoms with van der Waals surface area (Å²) in [5.74, 6) is -6.81. The molecule has 0 aliphatic carbocycles. The number of carbonyl (C=O) groups excluding carboxylic acids is 4. The molecule has 4 amide bonds. The van der Waals surface area contributed by atoms with Gasteiger partial charge in [0, 0.05) is 24.7 Å². The largest absolute Gasteiger partial charge is 0.481 e. The molecule has 1 aromatic rings. The number of aromatic amines is 1. The van der Waals surface area contributed by atoms with Gasteiger partial charge in [-0.15, -0.1) is 0 Å². The summed E-state index contributed by atoms with van der Waals surface area (Å²) in [4.78, 5) is 77.6. The van der Waals surface area contributed by atoms with E-state index in [1.54, 1.807) is 0 Å². The van der Waals surface area contributed by atoms with E-state index in [0.29, 0.717) is 5.69 Å². The third-order valence-electron chi connectivity index (χ3n) is 4.45.